The number of carbonyl (C=O) groups excluding carboxylic acids is 2. The van der Waals surface area contributed by atoms with Crippen molar-refractivity contribution in [1.29, 1.82) is 0 Å². The highest BCUT2D eigenvalue weighted by Crippen LogP contribution is 2.17. The molecule has 0 radical (unpaired) electrons. The number of hydrogen-bond acceptors (Lipinski definition) is 3. The summed E-state index contributed by atoms with van der Waals surface area (Å²) in [5, 5.41) is 2.02. The van der Waals surface area contributed by atoms with Crippen molar-refractivity contribution in [3.8, 4) is 0 Å². The summed E-state index contributed by atoms with van der Waals surface area (Å²) in [5.41, 5.74) is 2.81. The second-order valence-corrected chi connectivity index (χ2v) is 9.41. The van der Waals surface area contributed by atoms with Gasteiger partial charge in [0.05, 0.1) is 6.54 Å². The normalized spacial score (nSPS) is 11.7. The van der Waals surface area contributed by atoms with Crippen LogP contribution >= 0.6 is 11.3 Å². The maximum atomic E-state index is 13.5. The first kappa shape index (κ1) is 23.7. The number of hydrogen-bond donors (Lipinski definition) is 0. The van der Waals surface area contributed by atoms with Crippen LogP contribution in [0.4, 0.5) is 0 Å². The molecule has 0 fully saturated rings. The Morgan fingerprint density at radius 2 is 1.62 bits per heavy atom. The third-order valence-electron chi connectivity index (χ3n) is 5.64. The monoisotopic (exact) mass is 448 g/mol. The quantitative estimate of drug-likeness (QED) is 0.395. The molecule has 5 heteroatoms. The van der Waals surface area contributed by atoms with Gasteiger partial charge in [0.25, 0.3) is 5.91 Å². The first-order valence-electron chi connectivity index (χ1n) is 11.2. The standard InChI is InChI=1S/C27H32N2O2S/c1-4-21(2)17-29(27(31)24-14-12-22(3)13-15-24)20-26(30)28(19-25-11-8-16-32-25)18-23-9-6-5-7-10-23/h5-16,21H,4,17-20H2,1-3H3. The second-order valence-electron chi connectivity index (χ2n) is 8.38. The summed E-state index contributed by atoms with van der Waals surface area (Å²) >= 11 is 1.64. The molecule has 168 valence electrons. The van der Waals surface area contributed by atoms with Gasteiger partial charge in [-0.25, -0.2) is 0 Å². The van der Waals surface area contributed by atoms with Crippen molar-refractivity contribution in [2.75, 3.05) is 13.1 Å². The van der Waals surface area contributed by atoms with E-state index in [1.807, 2.05) is 83.9 Å². The molecule has 32 heavy (non-hydrogen) atoms. The number of nitrogens with zero attached hydrogens (tertiary/aromatic N) is 2. The molecule has 1 atom stereocenters. The largest absolute Gasteiger partial charge is 0.332 e. The zero-order valence-corrected chi connectivity index (χ0v) is 20.0. The summed E-state index contributed by atoms with van der Waals surface area (Å²) in [5.74, 6) is 0.192. The van der Waals surface area contributed by atoms with Gasteiger partial charge >= 0.3 is 0 Å². The van der Waals surface area contributed by atoms with Crippen molar-refractivity contribution in [2.24, 2.45) is 5.92 Å². The van der Waals surface area contributed by atoms with Crippen LogP contribution in [-0.2, 0) is 17.9 Å². The number of benzene rings is 2. The van der Waals surface area contributed by atoms with E-state index < -0.39 is 0 Å². The number of rotatable bonds is 10. The van der Waals surface area contributed by atoms with E-state index in [9.17, 15) is 9.59 Å². The van der Waals surface area contributed by atoms with Gasteiger partial charge in [-0.15, -0.1) is 11.3 Å². The van der Waals surface area contributed by atoms with Crippen molar-refractivity contribution < 1.29 is 9.59 Å². The fourth-order valence-electron chi connectivity index (χ4n) is 3.49. The van der Waals surface area contributed by atoms with Crippen LogP contribution in [0, 0.1) is 12.8 Å². The van der Waals surface area contributed by atoms with Gasteiger partial charge in [-0.2, -0.15) is 0 Å². The van der Waals surface area contributed by atoms with Gasteiger partial charge < -0.3 is 9.80 Å². The molecule has 4 nitrogen and oxygen atoms in total. The molecule has 0 N–H and O–H groups in total. The van der Waals surface area contributed by atoms with Crippen molar-refractivity contribution in [1.82, 2.24) is 9.80 Å². The summed E-state index contributed by atoms with van der Waals surface area (Å²) in [7, 11) is 0. The highest BCUT2D eigenvalue weighted by atomic mass is 32.1. The van der Waals surface area contributed by atoms with Gasteiger partial charge in [0.15, 0.2) is 0 Å². The number of carbonyl (C=O) groups is 2. The molecule has 1 aromatic heterocycles. The smallest absolute Gasteiger partial charge is 0.254 e. The maximum absolute atomic E-state index is 13.5. The lowest BCUT2D eigenvalue weighted by Gasteiger charge is -2.29. The molecular formula is C27H32N2O2S. The topological polar surface area (TPSA) is 40.6 Å². The highest BCUT2D eigenvalue weighted by molar-refractivity contribution is 7.09. The minimum atomic E-state index is -0.0885. The first-order chi connectivity index (χ1) is 15.5. The lowest BCUT2D eigenvalue weighted by molar-refractivity contribution is -0.133. The fraction of sp³-hybridized carbons (Fsp3) is 0.333. The van der Waals surface area contributed by atoms with E-state index in [1.165, 1.54) is 0 Å². The van der Waals surface area contributed by atoms with Crippen LogP contribution < -0.4 is 0 Å². The molecule has 0 aliphatic heterocycles. The third kappa shape index (κ3) is 6.79. The zero-order valence-electron chi connectivity index (χ0n) is 19.2. The molecule has 1 heterocycles. The van der Waals surface area contributed by atoms with Crippen LogP contribution in [0.1, 0.15) is 46.6 Å². The molecule has 3 aromatic rings. The maximum Gasteiger partial charge on any atom is 0.254 e. The van der Waals surface area contributed by atoms with Crippen LogP contribution in [-0.4, -0.2) is 34.7 Å². The molecule has 0 saturated heterocycles. The van der Waals surface area contributed by atoms with E-state index in [4.69, 9.17) is 0 Å². The Balaban J connectivity index is 1.80. The lowest BCUT2D eigenvalue weighted by Crippen LogP contribution is -2.44. The van der Waals surface area contributed by atoms with Crippen LogP contribution in [0.15, 0.2) is 72.1 Å². The van der Waals surface area contributed by atoms with E-state index in [-0.39, 0.29) is 18.4 Å². The molecule has 0 aliphatic carbocycles. The SMILES string of the molecule is CCC(C)CN(CC(=O)N(Cc1ccccc1)Cc1cccs1)C(=O)c1ccc(C)cc1. The minimum Gasteiger partial charge on any atom is -0.332 e. The molecule has 0 bridgehead atoms. The van der Waals surface area contributed by atoms with Crippen molar-refractivity contribution >= 4 is 23.2 Å². The summed E-state index contributed by atoms with van der Waals surface area (Å²) in [6, 6.07) is 21.6. The average Bonchev–Trinajstić information content (AvgIpc) is 3.32. The predicted molar refractivity (Wildman–Crippen MR) is 132 cm³/mol. The Morgan fingerprint density at radius 3 is 2.25 bits per heavy atom. The van der Waals surface area contributed by atoms with Crippen LogP contribution in [0.25, 0.3) is 0 Å². The Kier molecular flexibility index (Phi) is 8.63. The van der Waals surface area contributed by atoms with Gasteiger partial charge in [0, 0.05) is 23.5 Å². The summed E-state index contributed by atoms with van der Waals surface area (Å²) < 4.78 is 0. The van der Waals surface area contributed by atoms with Crippen molar-refractivity contribution in [2.45, 2.75) is 40.3 Å². The molecule has 0 aliphatic rings. The molecule has 2 aromatic carbocycles. The van der Waals surface area contributed by atoms with Crippen LogP contribution in [0.5, 0.6) is 0 Å². The number of thiophene rings is 1. The predicted octanol–water partition coefficient (Wildman–Crippen LogP) is 5.77. The highest BCUT2D eigenvalue weighted by Gasteiger charge is 2.24. The Labute approximate surface area is 195 Å². The Hall–Kier alpha value is -2.92. The van der Waals surface area contributed by atoms with Gasteiger partial charge in [0.1, 0.15) is 6.54 Å². The summed E-state index contributed by atoms with van der Waals surface area (Å²) in [4.78, 5) is 31.5. The molecule has 1 unspecified atom stereocenters. The van der Waals surface area contributed by atoms with E-state index in [0.717, 1.165) is 22.4 Å². The van der Waals surface area contributed by atoms with Gasteiger partial charge in [-0.05, 0) is 42.0 Å². The van der Waals surface area contributed by atoms with Gasteiger partial charge in [-0.3, -0.25) is 9.59 Å². The molecule has 2 amide bonds. The van der Waals surface area contributed by atoms with Crippen LogP contribution in [0.3, 0.4) is 0 Å². The average molecular weight is 449 g/mol. The summed E-state index contributed by atoms with van der Waals surface area (Å²) in [6.07, 6.45) is 0.953. The van der Waals surface area contributed by atoms with E-state index in [0.29, 0.717) is 31.1 Å². The first-order valence-corrected chi connectivity index (χ1v) is 12.0. The number of amides is 2. The second kappa shape index (κ2) is 11.6. The molecular weight excluding hydrogens is 416 g/mol. The fourth-order valence-corrected chi connectivity index (χ4v) is 4.21. The van der Waals surface area contributed by atoms with E-state index in [1.54, 1.807) is 16.2 Å². The molecule has 0 spiro atoms. The molecule has 0 saturated carbocycles. The molecule has 3 rings (SSSR count). The zero-order chi connectivity index (χ0) is 22.9. The van der Waals surface area contributed by atoms with Crippen LogP contribution in [0.2, 0.25) is 0 Å². The Morgan fingerprint density at radius 1 is 0.906 bits per heavy atom. The van der Waals surface area contributed by atoms with Gasteiger partial charge in [-0.1, -0.05) is 74.4 Å². The van der Waals surface area contributed by atoms with Crippen molar-refractivity contribution in [3.05, 3.63) is 93.7 Å². The Bertz CT molecular complexity index is 984. The van der Waals surface area contributed by atoms with Crippen molar-refractivity contribution in [3.63, 3.8) is 0 Å². The van der Waals surface area contributed by atoms with E-state index in [2.05, 4.69) is 13.8 Å². The van der Waals surface area contributed by atoms with E-state index >= 15 is 0 Å². The number of aryl methyl sites for hydroxylation is 1. The lowest BCUT2D eigenvalue weighted by atomic mass is 10.1. The summed E-state index contributed by atoms with van der Waals surface area (Å²) in [6.45, 7) is 7.94. The van der Waals surface area contributed by atoms with Gasteiger partial charge in [0.2, 0.25) is 5.91 Å². The third-order valence-corrected chi connectivity index (χ3v) is 6.50. The minimum absolute atomic E-state index is 0.0361.